The van der Waals surface area contributed by atoms with Gasteiger partial charge >= 0.3 is 0 Å². The van der Waals surface area contributed by atoms with E-state index in [1.54, 1.807) is 12.1 Å². The van der Waals surface area contributed by atoms with Crippen molar-refractivity contribution in [1.82, 2.24) is 0 Å². The summed E-state index contributed by atoms with van der Waals surface area (Å²) in [7, 11) is 2.99. The second-order valence-corrected chi connectivity index (χ2v) is 3.51. The van der Waals surface area contributed by atoms with Crippen LogP contribution in [-0.4, -0.2) is 20.8 Å². The summed E-state index contributed by atoms with van der Waals surface area (Å²) >= 11 is 0. The van der Waals surface area contributed by atoms with Gasteiger partial charge in [-0.3, -0.25) is 0 Å². The third kappa shape index (κ3) is 2.85. The van der Waals surface area contributed by atoms with Crippen LogP contribution in [0.2, 0.25) is 0 Å². The molecule has 0 radical (unpaired) electrons. The number of ether oxygens (including phenoxy) is 2. The molecule has 0 heterocycles. The summed E-state index contributed by atoms with van der Waals surface area (Å²) in [4.78, 5) is 0. The number of nitrogens with two attached hydrogens (primary N) is 1. The highest BCUT2D eigenvalue weighted by atomic mass is 19.1. The maximum absolute atomic E-state index is 13.9. The van der Waals surface area contributed by atoms with Crippen LogP contribution in [0.3, 0.4) is 0 Å². The monoisotopic (exact) mass is 227 g/mol. The number of unbranched alkanes of at least 4 members (excludes halogenated alkanes) is 1. The zero-order valence-electron chi connectivity index (χ0n) is 9.75. The Morgan fingerprint density at radius 2 is 1.75 bits per heavy atom. The van der Waals surface area contributed by atoms with Gasteiger partial charge in [0.15, 0.2) is 11.6 Å². The lowest BCUT2D eigenvalue weighted by Crippen LogP contribution is -2.02. The van der Waals surface area contributed by atoms with E-state index < -0.39 is 0 Å². The van der Waals surface area contributed by atoms with Crippen molar-refractivity contribution in [2.24, 2.45) is 5.73 Å². The number of rotatable bonds is 6. The lowest BCUT2D eigenvalue weighted by molar-refractivity contribution is 0.371. The van der Waals surface area contributed by atoms with E-state index in [1.807, 2.05) is 0 Å². The molecule has 4 heteroatoms. The van der Waals surface area contributed by atoms with Gasteiger partial charge in [-0.1, -0.05) is 0 Å². The number of hydrogen-bond acceptors (Lipinski definition) is 3. The summed E-state index contributed by atoms with van der Waals surface area (Å²) in [5.74, 6) is 0.484. The SMILES string of the molecule is COc1ccc(OC)c(CCCCN)c1F. The largest absolute Gasteiger partial charge is 0.496 e. The summed E-state index contributed by atoms with van der Waals surface area (Å²) < 4.78 is 24.0. The van der Waals surface area contributed by atoms with Crippen LogP contribution in [0, 0.1) is 5.82 Å². The summed E-state index contributed by atoms with van der Waals surface area (Å²) in [5.41, 5.74) is 5.97. The van der Waals surface area contributed by atoms with Gasteiger partial charge in [-0.05, 0) is 37.9 Å². The van der Waals surface area contributed by atoms with Gasteiger partial charge in [0.05, 0.1) is 14.2 Å². The first-order valence-electron chi connectivity index (χ1n) is 5.34. The molecule has 0 amide bonds. The van der Waals surface area contributed by atoms with E-state index in [0.29, 0.717) is 24.3 Å². The molecular weight excluding hydrogens is 209 g/mol. The Hall–Kier alpha value is -1.29. The first kappa shape index (κ1) is 12.8. The van der Waals surface area contributed by atoms with Crippen molar-refractivity contribution in [2.45, 2.75) is 19.3 Å². The molecule has 1 rings (SSSR count). The third-order valence-corrected chi connectivity index (χ3v) is 2.49. The fourth-order valence-electron chi connectivity index (χ4n) is 1.61. The van der Waals surface area contributed by atoms with Gasteiger partial charge in [-0.15, -0.1) is 0 Å². The van der Waals surface area contributed by atoms with Gasteiger partial charge in [-0.25, -0.2) is 4.39 Å². The molecule has 1 aromatic carbocycles. The first-order valence-corrected chi connectivity index (χ1v) is 5.34. The number of benzene rings is 1. The van der Waals surface area contributed by atoms with Crippen molar-refractivity contribution in [2.75, 3.05) is 20.8 Å². The maximum Gasteiger partial charge on any atom is 0.171 e. The molecular formula is C12H18FNO2. The fraction of sp³-hybridized carbons (Fsp3) is 0.500. The zero-order chi connectivity index (χ0) is 12.0. The maximum atomic E-state index is 13.9. The summed E-state index contributed by atoms with van der Waals surface area (Å²) in [6.45, 7) is 0.619. The molecule has 0 aliphatic heterocycles. The van der Waals surface area contributed by atoms with Crippen LogP contribution in [0.25, 0.3) is 0 Å². The molecule has 0 aromatic heterocycles. The van der Waals surface area contributed by atoms with E-state index in [4.69, 9.17) is 15.2 Å². The molecule has 16 heavy (non-hydrogen) atoms. The van der Waals surface area contributed by atoms with Crippen LogP contribution in [0.15, 0.2) is 12.1 Å². The molecule has 2 N–H and O–H groups in total. The van der Waals surface area contributed by atoms with Crippen molar-refractivity contribution in [3.05, 3.63) is 23.5 Å². The topological polar surface area (TPSA) is 44.5 Å². The van der Waals surface area contributed by atoms with E-state index in [9.17, 15) is 4.39 Å². The minimum Gasteiger partial charge on any atom is -0.496 e. The Labute approximate surface area is 95.4 Å². The summed E-state index contributed by atoms with van der Waals surface area (Å²) in [6, 6.07) is 3.29. The van der Waals surface area contributed by atoms with Crippen molar-refractivity contribution < 1.29 is 13.9 Å². The zero-order valence-corrected chi connectivity index (χ0v) is 9.75. The second kappa shape index (κ2) is 6.33. The molecule has 0 unspecified atom stereocenters. The normalized spacial score (nSPS) is 10.2. The molecule has 0 spiro atoms. The van der Waals surface area contributed by atoms with Crippen molar-refractivity contribution in [3.63, 3.8) is 0 Å². The Morgan fingerprint density at radius 3 is 2.31 bits per heavy atom. The van der Waals surface area contributed by atoms with E-state index in [2.05, 4.69) is 0 Å². The molecule has 90 valence electrons. The van der Waals surface area contributed by atoms with Crippen LogP contribution in [0.1, 0.15) is 18.4 Å². The van der Waals surface area contributed by atoms with Gasteiger partial charge < -0.3 is 15.2 Å². The Kier molecular flexibility index (Phi) is 5.05. The smallest absolute Gasteiger partial charge is 0.171 e. The highest BCUT2D eigenvalue weighted by Gasteiger charge is 2.13. The van der Waals surface area contributed by atoms with Gasteiger partial charge in [0, 0.05) is 5.56 Å². The van der Waals surface area contributed by atoms with Crippen LogP contribution in [0.5, 0.6) is 11.5 Å². The lowest BCUT2D eigenvalue weighted by atomic mass is 10.1. The standard InChI is InChI=1S/C12H18FNO2/c1-15-10-6-7-11(16-2)12(13)9(10)5-3-4-8-14/h6-7H,3-5,8,14H2,1-2H3. The molecule has 0 fully saturated rings. The fourth-order valence-corrected chi connectivity index (χ4v) is 1.61. The number of halogens is 1. The Morgan fingerprint density at radius 1 is 1.12 bits per heavy atom. The third-order valence-electron chi connectivity index (χ3n) is 2.49. The molecule has 0 atom stereocenters. The minimum absolute atomic E-state index is 0.253. The molecule has 0 aliphatic rings. The molecule has 0 saturated carbocycles. The first-order chi connectivity index (χ1) is 7.74. The summed E-state index contributed by atoms with van der Waals surface area (Å²) in [5, 5.41) is 0. The molecule has 3 nitrogen and oxygen atoms in total. The predicted molar refractivity (Wildman–Crippen MR) is 61.5 cm³/mol. The van der Waals surface area contributed by atoms with Crippen LogP contribution in [0.4, 0.5) is 4.39 Å². The van der Waals surface area contributed by atoms with Crippen LogP contribution < -0.4 is 15.2 Å². The highest BCUT2D eigenvalue weighted by molar-refractivity contribution is 5.42. The van der Waals surface area contributed by atoms with E-state index in [0.717, 1.165) is 12.8 Å². The van der Waals surface area contributed by atoms with Crippen molar-refractivity contribution in [1.29, 1.82) is 0 Å². The van der Waals surface area contributed by atoms with Gasteiger partial charge in [0.1, 0.15) is 5.75 Å². The second-order valence-electron chi connectivity index (χ2n) is 3.51. The quantitative estimate of drug-likeness (QED) is 0.757. The summed E-state index contributed by atoms with van der Waals surface area (Å²) in [6.07, 6.45) is 2.33. The average molecular weight is 227 g/mol. The van der Waals surface area contributed by atoms with Gasteiger partial charge in [0.2, 0.25) is 0 Å². The molecule has 0 bridgehead atoms. The molecule has 0 saturated heterocycles. The minimum atomic E-state index is -0.334. The predicted octanol–water partition coefficient (Wildman–Crippen LogP) is 2.12. The number of methoxy groups -OCH3 is 2. The highest BCUT2D eigenvalue weighted by Crippen LogP contribution is 2.29. The van der Waals surface area contributed by atoms with E-state index >= 15 is 0 Å². The lowest BCUT2D eigenvalue weighted by Gasteiger charge is -2.12. The van der Waals surface area contributed by atoms with Crippen molar-refractivity contribution >= 4 is 0 Å². The van der Waals surface area contributed by atoms with Crippen molar-refractivity contribution in [3.8, 4) is 11.5 Å². The van der Waals surface area contributed by atoms with Gasteiger partial charge in [0.25, 0.3) is 0 Å². The van der Waals surface area contributed by atoms with E-state index in [-0.39, 0.29) is 11.6 Å². The number of hydrogen-bond donors (Lipinski definition) is 1. The Bertz CT molecular complexity index is 342. The average Bonchev–Trinajstić information content (AvgIpc) is 2.31. The van der Waals surface area contributed by atoms with E-state index in [1.165, 1.54) is 14.2 Å². The van der Waals surface area contributed by atoms with Gasteiger partial charge in [-0.2, -0.15) is 0 Å². The Balaban J connectivity index is 2.92. The van der Waals surface area contributed by atoms with Crippen LogP contribution in [-0.2, 0) is 6.42 Å². The van der Waals surface area contributed by atoms with Crippen LogP contribution >= 0.6 is 0 Å². The molecule has 0 aliphatic carbocycles. The molecule has 1 aromatic rings.